The highest BCUT2D eigenvalue weighted by Crippen LogP contribution is 2.29. The zero-order chi connectivity index (χ0) is 13.7. The Hall–Kier alpha value is 0.137. The van der Waals surface area contributed by atoms with E-state index in [0.29, 0.717) is 5.54 Å². The van der Waals surface area contributed by atoms with E-state index in [9.17, 15) is 0 Å². The molecule has 0 aromatic heterocycles. The summed E-state index contributed by atoms with van der Waals surface area (Å²) < 4.78 is 12.5. The summed E-state index contributed by atoms with van der Waals surface area (Å²) >= 11 is 0. The zero-order valence-corrected chi connectivity index (χ0v) is 14.2. The van der Waals surface area contributed by atoms with Crippen molar-refractivity contribution in [2.45, 2.75) is 91.4 Å². The van der Waals surface area contributed by atoms with Crippen LogP contribution >= 0.6 is 0 Å². The van der Waals surface area contributed by atoms with Gasteiger partial charge in [0.05, 0.1) is 0 Å². The third kappa shape index (κ3) is 8.81. The molecule has 0 saturated carbocycles. The maximum atomic E-state index is 6.24. The summed E-state index contributed by atoms with van der Waals surface area (Å²) in [5.74, 6) is 0. The van der Waals surface area contributed by atoms with Gasteiger partial charge in [0, 0.05) is 11.2 Å². The maximum absolute atomic E-state index is 6.24. The van der Waals surface area contributed by atoms with Gasteiger partial charge in [-0.15, -0.1) is 0 Å². The third-order valence-electron chi connectivity index (χ3n) is 2.51. The van der Waals surface area contributed by atoms with E-state index in [1.54, 1.807) is 0 Å². The van der Waals surface area contributed by atoms with Gasteiger partial charge in [0.25, 0.3) is 0 Å². The van der Waals surface area contributed by atoms with E-state index >= 15 is 0 Å². The van der Waals surface area contributed by atoms with Gasteiger partial charge in [0.1, 0.15) is 0 Å². The van der Waals surface area contributed by atoms with Crippen LogP contribution in [0.3, 0.4) is 0 Å². The molecule has 0 spiro atoms. The lowest BCUT2D eigenvalue weighted by atomic mass is 10.2. The average Bonchev–Trinajstić information content (AvgIpc) is 2.08. The van der Waals surface area contributed by atoms with Gasteiger partial charge in [-0.2, -0.15) is 0 Å². The molecular formula is C14H32O2Si. The van der Waals surface area contributed by atoms with Gasteiger partial charge in [0.15, 0.2) is 0 Å². The van der Waals surface area contributed by atoms with Crippen molar-refractivity contribution >= 4 is 9.28 Å². The summed E-state index contributed by atoms with van der Waals surface area (Å²) in [4.78, 5) is 0. The fraction of sp³-hybridized carbons (Fsp3) is 1.00. The maximum Gasteiger partial charge on any atom is 0.325 e. The first-order valence-electron chi connectivity index (χ1n) is 6.94. The van der Waals surface area contributed by atoms with Crippen LogP contribution in [-0.4, -0.2) is 20.5 Å². The van der Waals surface area contributed by atoms with Gasteiger partial charge in [-0.1, -0.05) is 26.7 Å². The minimum atomic E-state index is -1.62. The van der Waals surface area contributed by atoms with Crippen LogP contribution in [0.2, 0.25) is 5.54 Å². The molecule has 0 aromatic rings. The zero-order valence-electron chi connectivity index (χ0n) is 13.1. The fourth-order valence-electron chi connectivity index (χ4n) is 1.82. The van der Waals surface area contributed by atoms with Gasteiger partial charge >= 0.3 is 9.28 Å². The molecule has 104 valence electrons. The molecule has 0 fully saturated rings. The molecule has 0 N–H and O–H groups in total. The van der Waals surface area contributed by atoms with Crippen molar-refractivity contribution < 1.29 is 8.85 Å². The van der Waals surface area contributed by atoms with E-state index in [0.717, 1.165) is 6.42 Å². The van der Waals surface area contributed by atoms with Crippen molar-refractivity contribution in [2.24, 2.45) is 0 Å². The predicted molar refractivity (Wildman–Crippen MR) is 77.8 cm³/mol. The lowest BCUT2D eigenvalue weighted by Crippen LogP contribution is -2.41. The summed E-state index contributed by atoms with van der Waals surface area (Å²) in [6, 6.07) is 0. The Morgan fingerprint density at radius 3 is 1.53 bits per heavy atom. The van der Waals surface area contributed by atoms with Crippen LogP contribution in [0.25, 0.3) is 0 Å². The predicted octanol–water partition coefficient (Wildman–Crippen LogP) is 4.42. The molecule has 2 nitrogen and oxygen atoms in total. The smallest absolute Gasteiger partial charge is 0.325 e. The molecule has 0 aliphatic rings. The highest BCUT2D eigenvalue weighted by molar-refractivity contribution is 6.46. The largest absolute Gasteiger partial charge is 0.391 e. The molecule has 17 heavy (non-hydrogen) atoms. The van der Waals surface area contributed by atoms with Crippen LogP contribution in [0, 0.1) is 0 Å². The first kappa shape index (κ1) is 17.1. The van der Waals surface area contributed by atoms with Crippen molar-refractivity contribution in [2.75, 3.05) is 0 Å². The van der Waals surface area contributed by atoms with Gasteiger partial charge < -0.3 is 8.85 Å². The fourth-order valence-corrected chi connectivity index (χ4v) is 4.63. The molecule has 0 rings (SSSR count). The molecule has 0 saturated heterocycles. The van der Waals surface area contributed by atoms with E-state index in [2.05, 4.69) is 55.4 Å². The van der Waals surface area contributed by atoms with Crippen LogP contribution in [0.15, 0.2) is 0 Å². The molecule has 0 radical (unpaired) electrons. The molecule has 0 bridgehead atoms. The van der Waals surface area contributed by atoms with Gasteiger partial charge in [0.2, 0.25) is 0 Å². The Morgan fingerprint density at radius 1 is 0.882 bits per heavy atom. The Morgan fingerprint density at radius 2 is 1.29 bits per heavy atom. The highest BCUT2D eigenvalue weighted by Gasteiger charge is 2.32. The number of hydrogen-bond acceptors (Lipinski definition) is 2. The van der Waals surface area contributed by atoms with Crippen molar-refractivity contribution in [3.63, 3.8) is 0 Å². The van der Waals surface area contributed by atoms with Crippen molar-refractivity contribution in [3.8, 4) is 0 Å². The van der Waals surface area contributed by atoms with Crippen LogP contribution in [0.4, 0.5) is 0 Å². The van der Waals surface area contributed by atoms with E-state index in [-0.39, 0.29) is 11.2 Å². The van der Waals surface area contributed by atoms with E-state index < -0.39 is 9.28 Å². The topological polar surface area (TPSA) is 18.5 Å². The minimum Gasteiger partial charge on any atom is -0.391 e. The number of rotatable bonds is 6. The van der Waals surface area contributed by atoms with E-state index in [4.69, 9.17) is 8.85 Å². The molecule has 1 atom stereocenters. The Kier molecular flexibility index (Phi) is 6.96. The average molecular weight is 260 g/mol. The second kappa shape index (κ2) is 6.91. The second-order valence-corrected chi connectivity index (χ2v) is 8.94. The van der Waals surface area contributed by atoms with Crippen LogP contribution in [0.5, 0.6) is 0 Å². The Labute approximate surface area is 110 Å². The quantitative estimate of drug-likeness (QED) is 0.658. The van der Waals surface area contributed by atoms with Crippen LogP contribution in [-0.2, 0) is 8.85 Å². The molecule has 0 aromatic carbocycles. The lowest BCUT2D eigenvalue weighted by Gasteiger charge is -2.35. The third-order valence-corrected chi connectivity index (χ3v) is 5.96. The summed E-state index contributed by atoms with van der Waals surface area (Å²) in [6.07, 6.45) is 3.60. The lowest BCUT2D eigenvalue weighted by molar-refractivity contribution is 0.0280. The molecule has 3 heteroatoms. The van der Waals surface area contributed by atoms with Crippen molar-refractivity contribution in [3.05, 3.63) is 0 Å². The Balaban J connectivity index is 4.69. The molecule has 1 unspecified atom stereocenters. The SMILES string of the molecule is CCCC(CC)[SiH](OC(C)(C)C)OC(C)(C)C. The summed E-state index contributed by atoms with van der Waals surface area (Å²) in [7, 11) is -1.62. The first-order valence-corrected chi connectivity index (χ1v) is 8.55. The van der Waals surface area contributed by atoms with Crippen molar-refractivity contribution in [1.29, 1.82) is 0 Å². The van der Waals surface area contributed by atoms with Gasteiger partial charge in [-0.05, 0) is 53.5 Å². The standard InChI is InChI=1S/C14H32O2Si/c1-9-11-12(10-2)17(15-13(3,4)5)16-14(6,7)8/h12,17H,9-11H2,1-8H3. The van der Waals surface area contributed by atoms with Crippen LogP contribution < -0.4 is 0 Å². The summed E-state index contributed by atoms with van der Waals surface area (Å²) in [5.41, 5.74) is 0.436. The van der Waals surface area contributed by atoms with Gasteiger partial charge in [-0.25, -0.2) is 0 Å². The molecular weight excluding hydrogens is 228 g/mol. The normalized spacial score (nSPS) is 15.4. The van der Waals surface area contributed by atoms with Gasteiger partial charge in [-0.3, -0.25) is 0 Å². The molecule has 0 aliphatic carbocycles. The molecule has 0 heterocycles. The summed E-state index contributed by atoms with van der Waals surface area (Å²) in [5, 5.41) is 0. The molecule has 0 amide bonds. The monoisotopic (exact) mass is 260 g/mol. The highest BCUT2D eigenvalue weighted by atomic mass is 28.3. The second-order valence-electron chi connectivity index (χ2n) is 6.79. The van der Waals surface area contributed by atoms with E-state index in [1.165, 1.54) is 12.8 Å². The Bertz CT molecular complexity index is 187. The first-order chi connectivity index (χ1) is 7.59. The van der Waals surface area contributed by atoms with E-state index in [1.807, 2.05) is 0 Å². The minimum absolute atomic E-state index is 0.0939. The van der Waals surface area contributed by atoms with Crippen LogP contribution in [0.1, 0.15) is 74.7 Å². The van der Waals surface area contributed by atoms with Crippen molar-refractivity contribution in [1.82, 2.24) is 0 Å². The summed E-state index contributed by atoms with van der Waals surface area (Å²) in [6.45, 7) is 17.2. The molecule has 0 aliphatic heterocycles. The number of hydrogen-bond donors (Lipinski definition) is 0.